The highest BCUT2D eigenvalue weighted by molar-refractivity contribution is 8.25. The van der Waals surface area contributed by atoms with Gasteiger partial charge in [0.1, 0.15) is 0 Å². The van der Waals surface area contributed by atoms with Gasteiger partial charge in [0.15, 0.2) is 0 Å². The van der Waals surface area contributed by atoms with Crippen LogP contribution >= 0.6 is 10.6 Å². The molecular formula is C12H27NO2S. The first-order chi connectivity index (χ1) is 7.70. The van der Waals surface area contributed by atoms with Gasteiger partial charge in [0.25, 0.3) is 0 Å². The maximum Gasteiger partial charge on any atom is 0.0870 e. The first-order valence-corrected chi connectivity index (χ1v) is 8.54. The lowest BCUT2D eigenvalue weighted by molar-refractivity contribution is 0.273. The maximum atomic E-state index is 5.76. The summed E-state index contributed by atoms with van der Waals surface area (Å²) in [4.78, 5) is 0. The van der Waals surface area contributed by atoms with Crippen molar-refractivity contribution in [2.24, 2.45) is 0 Å². The van der Waals surface area contributed by atoms with Crippen molar-refractivity contribution in [3.8, 4) is 0 Å². The van der Waals surface area contributed by atoms with Crippen molar-refractivity contribution in [1.29, 1.82) is 0 Å². The van der Waals surface area contributed by atoms with E-state index in [0.717, 1.165) is 19.1 Å². The fourth-order valence-electron chi connectivity index (χ4n) is 2.19. The second kappa shape index (κ2) is 7.54. The summed E-state index contributed by atoms with van der Waals surface area (Å²) in [7, 11) is -1.35. The normalized spacial score (nSPS) is 19.9. The minimum absolute atomic E-state index is 0.682. The molecule has 1 rings (SSSR count). The Hall–Kier alpha value is 0.230. The molecule has 1 N–H and O–H groups in total. The highest BCUT2D eigenvalue weighted by atomic mass is 32.3. The molecule has 3 nitrogen and oxygen atoms in total. The van der Waals surface area contributed by atoms with Gasteiger partial charge < -0.3 is 0 Å². The van der Waals surface area contributed by atoms with Crippen LogP contribution in [0.25, 0.3) is 0 Å². The van der Waals surface area contributed by atoms with E-state index in [1.807, 2.05) is 13.8 Å². The monoisotopic (exact) mass is 249 g/mol. The lowest BCUT2D eigenvalue weighted by Gasteiger charge is -2.40. The van der Waals surface area contributed by atoms with Crippen LogP contribution in [0.2, 0.25) is 0 Å². The Balaban J connectivity index is 2.30. The van der Waals surface area contributed by atoms with Crippen molar-refractivity contribution in [1.82, 2.24) is 5.32 Å². The van der Waals surface area contributed by atoms with E-state index in [4.69, 9.17) is 8.37 Å². The summed E-state index contributed by atoms with van der Waals surface area (Å²) in [5.74, 6) is 0.874. The summed E-state index contributed by atoms with van der Waals surface area (Å²) in [6.07, 6.45) is 8.87. The molecule has 16 heavy (non-hydrogen) atoms. The van der Waals surface area contributed by atoms with Crippen LogP contribution in [0.15, 0.2) is 0 Å². The SMILES string of the molecule is CCOS(C)(CNC1CCCCC1)OCC. The zero-order valence-corrected chi connectivity index (χ0v) is 11.8. The molecule has 0 heterocycles. The predicted octanol–water partition coefficient (Wildman–Crippen LogP) is 3.20. The average molecular weight is 249 g/mol. The Kier molecular flexibility index (Phi) is 6.73. The van der Waals surface area contributed by atoms with Gasteiger partial charge >= 0.3 is 0 Å². The van der Waals surface area contributed by atoms with E-state index in [1.54, 1.807) is 0 Å². The van der Waals surface area contributed by atoms with Crippen molar-refractivity contribution in [3.63, 3.8) is 0 Å². The summed E-state index contributed by atoms with van der Waals surface area (Å²) >= 11 is 0. The predicted molar refractivity (Wildman–Crippen MR) is 71.6 cm³/mol. The van der Waals surface area contributed by atoms with Crippen LogP contribution in [0.3, 0.4) is 0 Å². The summed E-state index contributed by atoms with van der Waals surface area (Å²) in [6, 6.07) is 0.682. The summed E-state index contributed by atoms with van der Waals surface area (Å²) < 4.78 is 11.5. The second-order valence-corrected chi connectivity index (χ2v) is 7.03. The van der Waals surface area contributed by atoms with Gasteiger partial charge in [-0.25, -0.2) is 0 Å². The van der Waals surface area contributed by atoms with Crippen LogP contribution in [-0.4, -0.2) is 31.4 Å². The van der Waals surface area contributed by atoms with Crippen LogP contribution in [0.4, 0.5) is 0 Å². The Morgan fingerprint density at radius 3 is 2.12 bits per heavy atom. The quantitative estimate of drug-likeness (QED) is 0.751. The number of nitrogens with one attached hydrogen (secondary N) is 1. The van der Waals surface area contributed by atoms with Crippen molar-refractivity contribution >= 4 is 10.6 Å². The van der Waals surface area contributed by atoms with Crippen LogP contribution in [0.5, 0.6) is 0 Å². The highest BCUT2D eigenvalue weighted by Gasteiger charge is 2.18. The highest BCUT2D eigenvalue weighted by Crippen LogP contribution is 2.45. The summed E-state index contributed by atoms with van der Waals surface area (Å²) in [5, 5.41) is 3.62. The van der Waals surface area contributed by atoms with Crippen LogP contribution in [0, 0.1) is 0 Å². The minimum Gasteiger partial charge on any atom is -0.298 e. The number of hydrogen-bond donors (Lipinski definition) is 1. The molecule has 0 saturated heterocycles. The van der Waals surface area contributed by atoms with Gasteiger partial charge in [-0.15, -0.1) is 0 Å². The lowest BCUT2D eigenvalue weighted by atomic mass is 9.96. The van der Waals surface area contributed by atoms with E-state index >= 15 is 0 Å². The third-order valence-corrected chi connectivity index (χ3v) is 5.13. The van der Waals surface area contributed by atoms with Gasteiger partial charge in [0.2, 0.25) is 0 Å². The van der Waals surface area contributed by atoms with E-state index in [1.165, 1.54) is 32.1 Å². The Morgan fingerprint density at radius 1 is 1.06 bits per heavy atom. The van der Waals surface area contributed by atoms with Gasteiger partial charge in [-0.1, -0.05) is 19.3 Å². The zero-order chi connectivity index (χ0) is 11.9. The average Bonchev–Trinajstić information content (AvgIpc) is 2.29. The van der Waals surface area contributed by atoms with Crippen molar-refractivity contribution in [2.75, 3.05) is 25.3 Å². The molecule has 1 aliphatic rings. The van der Waals surface area contributed by atoms with E-state index in [2.05, 4.69) is 11.6 Å². The molecular weight excluding hydrogens is 222 g/mol. The molecule has 4 heteroatoms. The summed E-state index contributed by atoms with van der Waals surface area (Å²) in [6.45, 7) is 5.53. The minimum atomic E-state index is -1.35. The van der Waals surface area contributed by atoms with Gasteiger partial charge in [-0.05, 0) is 26.7 Å². The van der Waals surface area contributed by atoms with Gasteiger partial charge in [-0.2, -0.15) is 10.6 Å². The molecule has 0 amide bonds. The topological polar surface area (TPSA) is 30.5 Å². The van der Waals surface area contributed by atoms with E-state index in [-0.39, 0.29) is 0 Å². The first-order valence-electron chi connectivity index (χ1n) is 6.48. The maximum absolute atomic E-state index is 5.76. The number of rotatable bonds is 7. The third kappa shape index (κ3) is 5.04. The Labute approximate surface area is 102 Å². The van der Waals surface area contributed by atoms with Crippen LogP contribution in [-0.2, 0) is 8.37 Å². The number of hydrogen-bond acceptors (Lipinski definition) is 3. The molecule has 0 aliphatic heterocycles. The van der Waals surface area contributed by atoms with E-state index in [9.17, 15) is 0 Å². The largest absolute Gasteiger partial charge is 0.298 e. The van der Waals surface area contributed by atoms with Crippen molar-refractivity contribution in [3.05, 3.63) is 0 Å². The second-order valence-electron chi connectivity index (χ2n) is 4.42. The molecule has 0 spiro atoms. The fourth-order valence-corrected chi connectivity index (χ4v) is 3.96. The Morgan fingerprint density at radius 2 is 1.62 bits per heavy atom. The van der Waals surface area contributed by atoms with Gasteiger partial charge in [0.05, 0.1) is 19.1 Å². The van der Waals surface area contributed by atoms with Gasteiger partial charge in [-0.3, -0.25) is 13.7 Å². The molecule has 0 aromatic heterocycles. The molecule has 1 aliphatic carbocycles. The van der Waals surface area contributed by atoms with Crippen molar-refractivity contribution < 1.29 is 8.37 Å². The fraction of sp³-hybridized carbons (Fsp3) is 1.00. The molecule has 98 valence electrons. The molecule has 0 bridgehead atoms. The first kappa shape index (κ1) is 14.3. The molecule has 0 radical (unpaired) electrons. The lowest BCUT2D eigenvalue weighted by Crippen LogP contribution is -2.34. The van der Waals surface area contributed by atoms with E-state index < -0.39 is 10.6 Å². The standard InChI is InChI=1S/C12H27NO2S/c1-4-14-16(3,15-5-2)11-13-12-9-7-6-8-10-12/h12-13H,4-11H2,1-3H3. The van der Waals surface area contributed by atoms with Gasteiger partial charge in [0, 0.05) is 12.3 Å². The molecule has 0 atom stereocenters. The van der Waals surface area contributed by atoms with Crippen molar-refractivity contribution in [2.45, 2.75) is 52.0 Å². The van der Waals surface area contributed by atoms with Crippen LogP contribution in [0.1, 0.15) is 46.0 Å². The molecule has 0 aromatic carbocycles. The molecule has 1 fully saturated rings. The van der Waals surface area contributed by atoms with E-state index in [0.29, 0.717) is 6.04 Å². The smallest absolute Gasteiger partial charge is 0.0870 e. The molecule has 1 saturated carbocycles. The van der Waals surface area contributed by atoms with Crippen LogP contribution < -0.4 is 5.32 Å². The molecule has 0 aromatic rings. The third-order valence-electron chi connectivity index (χ3n) is 2.97. The zero-order valence-electron chi connectivity index (χ0n) is 11.0. The molecule has 0 unspecified atom stereocenters. The Bertz CT molecular complexity index is 178. The summed E-state index contributed by atoms with van der Waals surface area (Å²) in [5.41, 5.74) is 0.